The van der Waals surface area contributed by atoms with Crippen LogP contribution in [0.3, 0.4) is 0 Å². The first-order valence-electron chi connectivity index (χ1n) is 7.88. The first-order chi connectivity index (χ1) is 12.2. The number of ether oxygens (including phenoxy) is 1. The maximum atomic E-state index is 8.50. The number of aromatic nitrogens is 4. The van der Waals surface area contributed by atoms with Crippen molar-refractivity contribution in [2.24, 2.45) is 0 Å². The van der Waals surface area contributed by atoms with Gasteiger partial charge in [0.25, 0.3) is 0 Å². The normalized spacial score (nSPS) is 11.0. The van der Waals surface area contributed by atoms with E-state index in [2.05, 4.69) is 9.97 Å². The fourth-order valence-corrected chi connectivity index (χ4v) is 2.75. The minimum atomic E-state index is 0.307. The van der Waals surface area contributed by atoms with Gasteiger partial charge in [-0.1, -0.05) is 17.7 Å². The molecule has 0 amide bonds. The summed E-state index contributed by atoms with van der Waals surface area (Å²) in [7, 11) is 1.64. The number of aryl methyl sites for hydroxylation is 1. The number of methoxy groups -OCH3 is 1. The summed E-state index contributed by atoms with van der Waals surface area (Å²) in [5.74, 6) is 0.791. The van der Waals surface area contributed by atoms with E-state index in [-0.39, 0.29) is 0 Å². The second-order valence-electron chi connectivity index (χ2n) is 5.78. The lowest BCUT2D eigenvalue weighted by atomic mass is 10.2. The van der Waals surface area contributed by atoms with Crippen LogP contribution in [-0.4, -0.2) is 26.2 Å². The van der Waals surface area contributed by atoms with E-state index in [0.717, 1.165) is 17.1 Å². The lowest BCUT2D eigenvalue weighted by Gasteiger charge is -2.08. The molecule has 0 aliphatic rings. The van der Waals surface area contributed by atoms with Crippen molar-refractivity contribution in [3.63, 3.8) is 0 Å². The lowest BCUT2D eigenvalue weighted by molar-refractivity contribution is 0.415. The Hall–Kier alpha value is -3.41. The van der Waals surface area contributed by atoms with E-state index < -0.39 is 0 Å². The molecule has 124 valence electrons. The number of nitrogens with zero attached hydrogens (tertiary/aromatic N) is 4. The van der Waals surface area contributed by atoms with Crippen molar-refractivity contribution in [3.8, 4) is 17.1 Å². The Kier molecular flexibility index (Phi) is 3.57. The van der Waals surface area contributed by atoms with Gasteiger partial charge in [-0.2, -0.15) is 0 Å². The maximum absolute atomic E-state index is 8.50. The smallest absolute Gasteiger partial charge is 0.169 e. The van der Waals surface area contributed by atoms with Gasteiger partial charge in [-0.15, -0.1) is 0 Å². The largest absolute Gasteiger partial charge is 0.497 e. The molecule has 1 N–H and O–H groups in total. The summed E-state index contributed by atoms with van der Waals surface area (Å²) < 4.78 is 8.79. The number of benzene rings is 2. The van der Waals surface area contributed by atoms with Crippen LogP contribution < -0.4 is 10.2 Å². The highest BCUT2D eigenvalue weighted by molar-refractivity contribution is 5.71. The number of hydrogen-bond acceptors (Lipinski definition) is 4. The molecule has 6 heteroatoms. The summed E-state index contributed by atoms with van der Waals surface area (Å²) in [6.07, 6.45) is 3.36. The van der Waals surface area contributed by atoms with Crippen molar-refractivity contribution in [2.45, 2.75) is 6.92 Å². The lowest BCUT2D eigenvalue weighted by Crippen LogP contribution is -2.19. The molecular weight excluding hydrogens is 314 g/mol. The Morgan fingerprint density at radius 2 is 1.44 bits per heavy atom. The van der Waals surface area contributed by atoms with Gasteiger partial charge in [0.15, 0.2) is 16.7 Å². The molecule has 0 unspecified atom stereocenters. The highest BCUT2D eigenvalue weighted by Crippen LogP contribution is 2.18. The average molecular weight is 331 g/mol. The molecule has 2 aromatic carbocycles. The zero-order chi connectivity index (χ0) is 17.4. The van der Waals surface area contributed by atoms with Crippen LogP contribution in [-0.2, 0) is 0 Å². The van der Waals surface area contributed by atoms with Crippen LogP contribution in [0.15, 0.2) is 61.2 Å². The summed E-state index contributed by atoms with van der Waals surface area (Å²) in [4.78, 5) is 8.93. The van der Waals surface area contributed by atoms with Gasteiger partial charge in [-0.05, 0) is 43.3 Å². The van der Waals surface area contributed by atoms with Gasteiger partial charge in [0.2, 0.25) is 0 Å². The molecule has 25 heavy (non-hydrogen) atoms. The molecule has 0 bridgehead atoms. The van der Waals surface area contributed by atoms with Gasteiger partial charge in [-0.25, -0.2) is 9.97 Å². The maximum Gasteiger partial charge on any atom is 0.169 e. The predicted octanol–water partition coefficient (Wildman–Crippen LogP) is 3.01. The second kappa shape index (κ2) is 5.90. The molecule has 2 aromatic heterocycles. The minimum Gasteiger partial charge on any atom is -0.497 e. The van der Waals surface area contributed by atoms with E-state index in [1.165, 1.54) is 5.56 Å². The molecule has 2 heterocycles. The Morgan fingerprint density at radius 1 is 0.840 bits per heavy atom. The van der Waals surface area contributed by atoms with Crippen molar-refractivity contribution in [2.75, 3.05) is 7.11 Å². The average Bonchev–Trinajstić information content (AvgIpc) is 3.08. The molecule has 0 radical (unpaired) electrons. The number of fused-ring (bicyclic) bond motifs is 1. The van der Waals surface area contributed by atoms with Crippen LogP contribution in [0.2, 0.25) is 0 Å². The molecule has 0 saturated heterocycles. The number of hydrogen-bond donors (Lipinski definition) is 1. The second-order valence-corrected chi connectivity index (χ2v) is 5.78. The Bertz CT molecular complexity index is 1090. The summed E-state index contributed by atoms with van der Waals surface area (Å²) >= 11 is 0. The standard InChI is InChI=1S/C19H17N5O/c1-13-3-5-14(6-4-13)23-12-22-19-17(18(23)20)21-11-24(19)15-7-9-16(25-2)10-8-15/h3-12,20H,1-2H3. The third-order valence-electron chi connectivity index (χ3n) is 4.17. The Labute approximate surface area is 144 Å². The predicted molar refractivity (Wildman–Crippen MR) is 95.3 cm³/mol. The molecule has 0 fully saturated rings. The Balaban J connectivity index is 1.84. The van der Waals surface area contributed by atoms with Crippen LogP contribution in [0.4, 0.5) is 0 Å². The van der Waals surface area contributed by atoms with Crippen molar-refractivity contribution in [1.82, 2.24) is 19.1 Å². The van der Waals surface area contributed by atoms with Gasteiger partial charge >= 0.3 is 0 Å². The first kappa shape index (κ1) is 15.1. The molecule has 0 saturated carbocycles. The zero-order valence-corrected chi connectivity index (χ0v) is 14.0. The van der Waals surface area contributed by atoms with Crippen LogP contribution in [0.5, 0.6) is 5.75 Å². The van der Waals surface area contributed by atoms with Gasteiger partial charge in [0.05, 0.1) is 7.11 Å². The van der Waals surface area contributed by atoms with E-state index in [1.54, 1.807) is 24.3 Å². The third kappa shape index (κ3) is 2.57. The fourth-order valence-electron chi connectivity index (χ4n) is 2.75. The highest BCUT2D eigenvalue weighted by Gasteiger charge is 2.10. The van der Waals surface area contributed by atoms with Crippen LogP contribution in [0, 0.1) is 12.3 Å². The van der Waals surface area contributed by atoms with Crippen molar-refractivity contribution in [1.29, 1.82) is 5.41 Å². The van der Waals surface area contributed by atoms with Gasteiger partial charge < -0.3 is 4.74 Å². The highest BCUT2D eigenvalue weighted by atomic mass is 16.5. The molecule has 6 nitrogen and oxygen atoms in total. The van der Waals surface area contributed by atoms with Gasteiger partial charge in [0.1, 0.15) is 18.4 Å². The van der Waals surface area contributed by atoms with Gasteiger partial charge in [0, 0.05) is 11.4 Å². The zero-order valence-electron chi connectivity index (χ0n) is 14.0. The molecule has 4 rings (SSSR count). The monoisotopic (exact) mass is 331 g/mol. The summed E-state index contributed by atoms with van der Waals surface area (Å²) in [5.41, 5.74) is 4.50. The van der Waals surface area contributed by atoms with Crippen molar-refractivity contribution >= 4 is 11.2 Å². The molecule has 0 aliphatic carbocycles. The van der Waals surface area contributed by atoms with E-state index in [0.29, 0.717) is 16.7 Å². The van der Waals surface area contributed by atoms with Crippen LogP contribution in [0.25, 0.3) is 22.5 Å². The molecule has 0 atom stereocenters. The first-order valence-corrected chi connectivity index (χ1v) is 7.88. The molecule has 0 aliphatic heterocycles. The number of rotatable bonds is 3. The third-order valence-corrected chi connectivity index (χ3v) is 4.17. The minimum absolute atomic E-state index is 0.307. The number of nitrogens with one attached hydrogen (secondary N) is 1. The summed E-state index contributed by atoms with van der Waals surface area (Å²) in [5, 5.41) is 8.50. The van der Waals surface area contributed by atoms with E-state index in [4.69, 9.17) is 10.1 Å². The topological polar surface area (TPSA) is 68.7 Å². The van der Waals surface area contributed by atoms with E-state index in [9.17, 15) is 0 Å². The van der Waals surface area contributed by atoms with Gasteiger partial charge in [-0.3, -0.25) is 14.5 Å². The quantitative estimate of drug-likeness (QED) is 0.627. The van der Waals surface area contributed by atoms with Crippen molar-refractivity contribution in [3.05, 3.63) is 72.2 Å². The summed E-state index contributed by atoms with van der Waals surface area (Å²) in [6, 6.07) is 15.6. The molecule has 4 aromatic rings. The SMILES string of the molecule is COc1ccc(-n2cnc3c(=N)n(-c4ccc(C)cc4)cnc32)cc1. The van der Waals surface area contributed by atoms with Crippen LogP contribution >= 0.6 is 0 Å². The number of imidazole rings is 1. The summed E-state index contributed by atoms with van der Waals surface area (Å²) in [6.45, 7) is 2.04. The fraction of sp³-hybridized carbons (Fsp3) is 0.105. The van der Waals surface area contributed by atoms with Crippen LogP contribution in [0.1, 0.15) is 5.56 Å². The van der Waals surface area contributed by atoms with Crippen molar-refractivity contribution < 1.29 is 4.74 Å². The molecular formula is C19H17N5O. The van der Waals surface area contributed by atoms with E-state index in [1.807, 2.05) is 60.0 Å². The molecule has 0 spiro atoms. The Morgan fingerprint density at radius 3 is 2.12 bits per heavy atom. The van der Waals surface area contributed by atoms with E-state index >= 15 is 0 Å².